The summed E-state index contributed by atoms with van der Waals surface area (Å²) >= 11 is 0. The Morgan fingerprint density at radius 3 is 2.80 bits per heavy atom. The van der Waals surface area contributed by atoms with Gasteiger partial charge in [-0.2, -0.15) is 0 Å². The lowest BCUT2D eigenvalue weighted by atomic mass is 9.94. The highest BCUT2D eigenvalue weighted by atomic mass is 16.2. The van der Waals surface area contributed by atoms with Crippen molar-refractivity contribution >= 4 is 6.03 Å². The Balaban J connectivity index is 2.44. The molecular formula is C12H24N2O. The van der Waals surface area contributed by atoms with Crippen LogP contribution >= 0.6 is 0 Å². The second-order valence-corrected chi connectivity index (χ2v) is 4.54. The van der Waals surface area contributed by atoms with E-state index < -0.39 is 0 Å². The van der Waals surface area contributed by atoms with Crippen LogP contribution in [0.2, 0.25) is 0 Å². The van der Waals surface area contributed by atoms with Crippen molar-refractivity contribution in [1.82, 2.24) is 9.80 Å². The fourth-order valence-corrected chi connectivity index (χ4v) is 2.26. The predicted molar refractivity (Wildman–Crippen MR) is 62.9 cm³/mol. The maximum atomic E-state index is 11.9. The lowest BCUT2D eigenvalue weighted by Gasteiger charge is -2.35. The molecule has 1 saturated heterocycles. The molecule has 0 saturated carbocycles. The highest BCUT2D eigenvalue weighted by Gasteiger charge is 2.24. The lowest BCUT2D eigenvalue weighted by Crippen LogP contribution is -2.46. The summed E-state index contributed by atoms with van der Waals surface area (Å²) in [6.45, 7) is 6.96. The standard InChI is InChI=1S/C12H24N2O/c1-4-7-11-8-6-9-14(10-11)12(15)13(3)5-2/h11H,4-10H2,1-3H3. The molecule has 1 heterocycles. The zero-order chi connectivity index (χ0) is 11.3. The van der Waals surface area contributed by atoms with Gasteiger partial charge in [0, 0.05) is 26.7 Å². The molecule has 0 N–H and O–H groups in total. The molecular weight excluding hydrogens is 188 g/mol. The van der Waals surface area contributed by atoms with Crippen molar-refractivity contribution in [2.45, 2.75) is 39.5 Å². The van der Waals surface area contributed by atoms with Crippen LogP contribution in [0.1, 0.15) is 39.5 Å². The number of urea groups is 1. The van der Waals surface area contributed by atoms with Crippen molar-refractivity contribution in [3.63, 3.8) is 0 Å². The molecule has 0 aromatic rings. The molecule has 0 aromatic carbocycles. The van der Waals surface area contributed by atoms with Gasteiger partial charge in [-0.1, -0.05) is 13.3 Å². The number of hydrogen-bond donors (Lipinski definition) is 0. The van der Waals surface area contributed by atoms with Crippen LogP contribution in [0.3, 0.4) is 0 Å². The van der Waals surface area contributed by atoms with Gasteiger partial charge in [0.05, 0.1) is 0 Å². The first kappa shape index (κ1) is 12.3. The number of amides is 2. The summed E-state index contributed by atoms with van der Waals surface area (Å²) in [6.07, 6.45) is 4.97. The molecule has 3 nitrogen and oxygen atoms in total. The second kappa shape index (κ2) is 5.99. The van der Waals surface area contributed by atoms with Gasteiger partial charge in [0.1, 0.15) is 0 Å². The summed E-state index contributed by atoms with van der Waals surface area (Å²) in [5, 5.41) is 0. The molecule has 0 bridgehead atoms. The Labute approximate surface area is 93.4 Å². The number of rotatable bonds is 3. The summed E-state index contributed by atoms with van der Waals surface area (Å²) in [5.41, 5.74) is 0. The molecule has 3 heteroatoms. The molecule has 2 amide bonds. The third-order valence-corrected chi connectivity index (χ3v) is 3.29. The molecule has 1 rings (SSSR count). The van der Waals surface area contributed by atoms with Crippen LogP contribution in [0, 0.1) is 5.92 Å². The summed E-state index contributed by atoms with van der Waals surface area (Å²) in [6, 6.07) is 0.207. The SMILES string of the molecule is CCCC1CCCN(C(=O)N(C)CC)C1. The first-order valence-corrected chi connectivity index (χ1v) is 6.19. The van der Waals surface area contributed by atoms with Crippen LogP contribution in [0.25, 0.3) is 0 Å². The van der Waals surface area contributed by atoms with Gasteiger partial charge in [0.2, 0.25) is 0 Å². The molecule has 0 radical (unpaired) electrons. The third kappa shape index (κ3) is 3.40. The summed E-state index contributed by atoms with van der Waals surface area (Å²) in [7, 11) is 1.88. The topological polar surface area (TPSA) is 23.6 Å². The molecule has 0 aliphatic carbocycles. The number of hydrogen-bond acceptors (Lipinski definition) is 1. The third-order valence-electron chi connectivity index (χ3n) is 3.29. The van der Waals surface area contributed by atoms with Crippen molar-refractivity contribution in [3.05, 3.63) is 0 Å². The van der Waals surface area contributed by atoms with E-state index in [4.69, 9.17) is 0 Å². The van der Waals surface area contributed by atoms with Gasteiger partial charge in [-0.15, -0.1) is 0 Å². The summed E-state index contributed by atoms with van der Waals surface area (Å²) < 4.78 is 0. The molecule has 1 fully saturated rings. The Morgan fingerprint density at radius 2 is 2.20 bits per heavy atom. The van der Waals surface area contributed by atoms with Gasteiger partial charge in [-0.05, 0) is 32.1 Å². The quantitative estimate of drug-likeness (QED) is 0.705. The minimum atomic E-state index is 0.207. The molecule has 0 aromatic heterocycles. The smallest absolute Gasteiger partial charge is 0.319 e. The Bertz CT molecular complexity index is 204. The van der Waals surface area contributed by atoms with E-state index in [-0.39, 0.29) is 6.03 Å². The van der Waals surface area contributed by atoms with Crippen LogP contribution in [0.5, 0.6) is 0 Å². The zero-order valence-corrected chi connectivity index (χ0v) is 10.3. The average Bonchev–Trinajstić information content (AvgIpc) is 2.28. The van der Waals surface area contributed by atoms with Crippen molar-refractivity contribution in [1.29, 1.82) is 0 Å². The van der Waals surface area contributed by atoms with Gasteiger partial charge in [-0.25, -0.2) is 4.79 Å². The Morgan fingerprint density at radius 1 is 1.47 bits per heavy atom. The van der Waals surface area contributed by atoms with Gasteiger partial charge in [0.15, 0.2) is 0 Å². The number of nitrogens with zero attached hydrogens (tertiary/aromatic N) is 2. The van der Waals surface area contributed by atoms with Crippen LogP contribution in [-0.4, -0.2) is 42.5 Å². The van der Waals surface area contributed by atoms with Crippen LogP contribution in [0.15, 0.2) is 0 Å². The Hall–Kier alpha value is -0.730. The van der Waals surface area contributed by atoms with E-state index in [1.165, 1.54) is 25.7 Å². The minimum absolute atomic E-state index is 0.207. The van der Waals surface area contributed by atoms with E-state index in [0.717, 1.165) is 25.6 Å². The van der Waals surface area contributed by atoms with E-state index in [2.05, 4.69) is 6.92 Å². The average molecular weight is 212 g/mol. The maximum Gasteiger partial charge on any atom is 0.319 e. The fourth-order valence-electron chi connectivity index (χ4n) is 2.26. The van der Waals surface area contributed by atoms with E-state index >= 15 is 0 Å². The fraction of sp³-hybridized carbons (Fsp3) is 0.917. The van der Waals surface area contributed by atoms with Gasteiger partial charge in [-0.3, -0.25) is 0 Å². The number of carbonyl (C=O) groups is 1. The number of likely N-dealkylation sites (tertiary alicyclic amines) is 1. The first-order chi connectivity index (χ1) is 7.19. The Kier molecular flexibility index (Phi) is 4.92. The number of carbonyl (C=O) groups excluding carboxylic acids is 1. The van der Waals surface area contributed by atoms with Crippen LogP contribution in [0.4, 0.5) is 4.79 Å². The minimum Gasteiger partial charge on any atom is -0.328 e. The monoisotopic (exact) mass is 212 g/mol. The van der Waals surface area contributed by atoms with Gasteiger partial charge in [0.25, 0.3) is 0 Å². The molecule has 15 heavy (non-hydrogen) atoms. The van der Waals surface area contributed by atoms with Gasteiger partial charge < -0.3 is 9.80 Å². The van der Waals surface area contributed by atoms with Crippen LogP contribution in [-0.2, 0) is 0 Å². The molecule has 88 valence electrons. The lowest BCUT2D eigenvalue weighted by molar-refractivity contribution is 0.135. The molecule has 1 aliphatic heterocycles. The summed E-state index contributed by atoms with van der Waals surface area (Å²) in [5.74, 6) is 0.734. The largest absolute Gasteiger partial charge is 0.328 e. The van der Waals surface area contributed by atoms with E-state index in [1.807, 2.05) is 18.9 Å². The van der Waals surface area contributed by atoms with Crippen molar-refractivity contribution in [3.8, 4) is 0 Å². The zero-order valence-electron chi connectivity index (χ0n) is 10.3. The van der Waals surface area contributed by atoms with Gasteiger partial charge >= 0.3 is 6.03 Å². The van der Waals surface area contributed by atoms with E-state index in [1.54, 1.807) is 4.90 Å². The maximum absolute atomic E-state index is 11.9. The van der Waals surface area contributed by atoms with Crippen molar-refractivity contribution in [2.24, 2.45) is 5.92 Å². The molecule has 1 aliphatic rings. The molecule has 0 spiro atoms. The highest BCUT2D eigenvalue weighted by Crippen LogP contribution is 2.21. The predicted octanol–water partition coefficient (Wildman–Crippen LogP) is 2.57. The molecule has 1 unspecified atom stereocenters. The highest BCUT2D eigenvalue weighted by molar-refractivity contribution is 5.74. The van der Waals surface area contributed by atoms with E-state index in [0.29, 0.717) is 0 Å². The van der Waals surface area contributed by atoms with E-state index in [9.17, 15) is 4.79 Å². The summed E-state index contributed by atoms with van der Waals surface area (Å²) in [4.78, 5) is 15.8. The molecule has 1 atom stereocenters. The first-order valence-electron chi connectivity index (χ1n) is 6.19. The van der Waals surface area contributed by atoms with Crippen LogP contribution < -0.4 is 0 Å². The second-order valence-electron chi connectivity index (χ2n) is 4.54. The number of piperidine rings is 1. The normalized spacial score (nSPS) is 21.5. The van der Waals surface area contributed by atoms with Crippen molar-refractivity contribution < 1.29 is 4.79 Å². The van der Waals surface area contributed by atoms with Crippen molar-refractivity contribution in [2.75, 3.05) is 26.7 Å².